The number of rotatable bonds is 2. The van der Waals surface area contributed by atoms with E-state index in [1.165, 1.54) is 0 Å². The van der Waals surface area contributed by atoms with Gasteiger partial charge in [-0.05, 0) is 35.7 Å². The minimum atomic E-state index is 0.551. The van der Waals surface area contributed by atoms with Crippen molar-refractivity contribution in [3.63, 3.8) is 0 Å². The second-order valence-electron chi connectivity index (χ2n) is 3.83. The monoisotopic (exact) mass is 213 g/mol. The first-order valence-electron chi connectivity index (χ1n) is 5.22. The molecule has 82 valence electrons. The third-order valence-electron chi connectivity index (χ3n) is 2.61. The predicted octanol–water partition coefficient (Wildman–Crippen LogP) is 2.10. The minimum Gasteiger partial charge on any atom is -0.383 e. The fraction of sp³-hybridized carbons (Fsp3) is 0.154. The summed E-state index contributed by atoms with van der Waals surface area (Å²) >= 11 is 0. The summed E-state index contributed by atoms with van der Waals surface area (Å²) in [7, 11) is 0. The second kappa shape index (κ2) is 4.33. The van der Waals surface area contributed by atoms with Crippen molar-refractivity contribution in [2.75, 3.05) is 5.73 Å². The third-order valence-corrected chi connectivity index (χ3v) is 2.61. The van der Waals surface area contributed by atoms with Crippen molar-refractivity contribution in [2.45, 2.75) is 13.5 Å². The summed E-state index contributed by atoms with van der Waals surface area (Å²) in [5, 5.41) is 0. The highest BCUT2D eigenvalue weighted by molar-refractivity contribution is 5.65. The number of hydrogen-bond acceptors (Lipinski definition) is 3. The van der Waals surface area contributed by atoms with E-state index in [1.807, 2.05) is 31.2 Å². The summed E-state index contributed by atoms with van der Waals surface area (Å²) < 4.78 is 0. The lowest BCUT2D eigenvalue weighted by Gasteiger charge is -2.06. The van der Waals surface area contributed by atoms with E-state index >= 15 is 0 Å². The molecule has 0 fully saturated rings. The van der Waals surface area contributed by atoms with Gasteiger partial charge in [-0.2, -0.15) is 0 Å². The summed E-state index contributed by atoms with van der Waals surface area (Å²) in [6, 6.07) is 10.2. The van der Waals surface area contributed by atoms with E-state index in [0.717, 1.165) is 22.3 Å². The van der Waals surface area contributed by atoms with Gasteiger partial charge in [0.1, 0.15) is 5.82 Å². The maximum absolute atomic E-state index is 5.69. The smallest absolute Gasteiger partial charge is 0.126 e. The van der Waals surface area contributed by atoms with Crippen LogP contribution in [0.1, 0.15) is 11.1 Å². The van der Waals surface area contributed by atoms with Crippen LogP contribution in [0.25, 0.3) is 11.1 Å². The van der Waals surface area contributed by atoms with Gasteiger partial charge in [0.15, 0.2) is 0 Å². The van der Waals surface area contributed by atoms with Gasteiger partial charge in [0, 0.05) is 18.3 Å². The molecule has 0 unspecified atom stereocenters. The highest BCUT2D eigenvalue weighted by Crippen LogP contribution is 2.22. The van der Waals surface area contributed by atoms with Crippen molar-refractivity contribution in [3.8, 4) is 11.1 Å². The third kappa shape index (κ3) is 2.04. The number of aryl methyl sites for hydroxylation is 1. The molecule has 3 heteroatoms. The molecular formula is C13H15N3. The van der Waals surface area contributed by atoms with E-state index in [1.54, 1.807) is 6.20 Å². The molecule has 3 nitrogen and oxygen atoms in total. The van der Waals surface area contributed by atoms with E-state index in [-0.39, 0.29) is 0 Å². The Hall–Kier alpha value is -1.87. The lowest BCUT2D eigenvalue weighted by molar-refractivity contribution is 1.07. The largest absolute Gasteiger partial charge is 0.383 e. The van der Waals surface area contributed by atoms with Crippen LogP contribution in [0.15, 0.2) is 36.5 Å². The topological polar surface area (TPSA) is 64.9 Å². The Labute approximate surface area is 95.1 Å². The Balaban J connectivity index is 2.46. The van der Waals surface area contributed by atoms with Crippen molar-refractivity contribution < 1.29 is 0 Å². The van der Waals surface area contributed by atoms with E-state index in [9.17, 15) is 0 Å². The van der Waals surface area contributed by atoms with Crippen LogP contribution in [0.4, 0.5) is 5.82 Å². The van der Waals surface area contributed by atoms with Crippen molar-refractivity contribution >= 4 is 5.82 Å². The second-order valence-corrected chi connectivity index (χ2v) is 3.83. The molecular weight excluding hydrogens is 198 g/mol. The molecule has 1 heterocycles. The van der Waals surface area contributed by atoms with Crippen molar-refractivity contribution in [2.24, 2.45) is 5.73 Å². The van der Waals surface area contributed by atoms with Gasteiger partial charge in [0.2, 0.25) is 0 Å². The number of anilines is 1. The first-order chi connectivity index (χ1) is 7.70. The molecule has 0 saturated carbocycles. The molecule has 4 N–H and O–H groups in total. The zero-order valence-electron chi connectivity index (χ0n) is 9.27. The Morgan fingerprint density at radius 2 is 2.00 bits per heavy atom. The molecule has 2 aromatic rings. The number of hydrogen-bond donors (Lipinski definition) is 2. The Kier molecular flexibility index (Phi) is 2.88. The predicted molar refractivity (Wildman–Crippen MR) is 66.7 cm³/mol. The Bertz CT molecular complexity index is 506. The van der Waals surface area contributed by atoms with Crippen LogP contribution in [-0.4, -0.2) is 4.98 Å². The van der Waals surface area contributed by atoms with Crippen molar-refractivity contribution in [1.82, 2.24) is 4.98 Å². The number of nitrogen functional groups attached to an aromatic ring is 1. The van der Waals surface area contributed by atoms with Crippen LogP contribution in [-0.2, 0) is 6.54 Å². The summed E-state index contributed by atoms with van der Waals surface area (Å²) in [6.07, 6.45) is 1.79. The van der Waals surface area contributed by atoms with Crippen molar-refractivity contribution in [3.05, 3.63) is 47.7 Å². The normalized spacial score (nSPS) is 10.4. The first-order valence-corrected chi connectivity index (χ1v) is 5.22. The van der Waals surface area contributed by atoms with Gasteiger partial charge in [0.25, 0.3) is 0 Å². The van der Waals surface area contributed by atoms with Gasteiger partial charge in [-0.15, -0.1) is 0 Å². The molecule has 0 aliphatic rings. The molecule has 0 radical (unpaired) electrons. The van der Waals surface area contributed by atoms with E-state index in [4.69, 9.17) is 11.5 Å². The van der Waals surface area contributed by atoms with Gasteiger partial charge >= 0.3 is 0 Å². The fourth-order valence-electron chi connectivity index (χ4n) is 1.62. The first kappa shape index (κ1) is 10.6. The van der Waals surface area contributed by atoms with Crippen LogP contribution >= 0.6 is 0 Å². The van der Waals surface area contributed by atoms with Crippen LogP contribution in [0.3, 0.4) is 0 Å². The van der Waals surface area contributed by atoms with Crippen LogP contribution in [0.5, 0.6) is 0 Å². The molecule has 0 atom stereocenters. The average Bonchev–Trinajstić information content (AvgIpc) is 2.33. The zero-order valence-corrected chi connectivity index (χ0v) is 9.27. The number of benzene rings is 1. The van der Waals surface area contributed by atoms with E-state index in [2.05, 4.69) is 11.1 Å². The molecule has 0 aliphatic carbocycles. The van der Waals surface area contributed by atoms with E-state index < -0.39 is 0 Å². The van der Waals surface area contributed by atoms with Gasteiger partial charge in [0.05, 0.1) is 0 Å². The number of nitrogens with zero attached hydrogens (tertiary/aromatic N) is 1. The maximum atomic E-state index is 5.69. The maximum Gasteiger partial charge on any atom is 0.126 e. The fourth-order valence-corrected chi connectivity index (χ4v) is 1.62. The highest BCUT2D eigenvalue weighted by Gasteiger charge is 2.01. The van der Waals surface area contributed by atoms with Crippen LogP contribution in [0.2, 0.25) is 0 Å². The van der Waals surface area contributed by atoms with Gasteiger partial charge in [-0.1, -0.05) is 18.2 Å². The summed E-state index contributed by atoms with van der Waals surface area (Å²) in [5.74, 6) is 0.582. The van der Waals surface area contributed by atoms with Gasteiger partial charge in [-0.25, -0.2) is 4.98 Å². The Morgan fingerprint density at radius 3 is 2.69 bits per heavy atom. The Morgan fingerprint density at radius 1 is 1.19 bits per heavy atom. The summed E-state index contributed by atoms with van der Waals surface area (Å²) in [6.45, 7) is 2.51. The molecule has 0 amide bonds. The molecule has 1 aromatic carbocycles. The van der Waals surface area contributed by atoms with E-state index in [0.29, 0.717) is 12.4 Å². The van der Waals surface area contributed by atoms with Crippen LogP contribution in [0, 0.1) is 6.92 Å². The quantitative estimate of drug-likeness (QED) is 0.802. The lowest BCUT2D eigenvalue weighted by Crippen LogP contribution is -1.97. The lowest BCUT2D eigenvalue weighted by atomic mass is 10.0. The highest BCUT2D eigenvalue weighted by atomic mass is 14.8. The number of aromatic nitrogens is 1. The van der Waals surface area contributed by atoms with Gasteiger partial charge in [-0.3, -0.25) is 0 Å². The molecule has 0 bridgehead atoms. The molecule has 0 aliphatic heterocycles. The molecule has 16 heavy (non-hydrogen) atoms. The van der Waals surface area contributed by atoms with Crippen molar-refractivity contribution in [1.29, 1.82) is 0 Å². The number of pyridine rings is 1. The summed E-state index contributed by atoms with van der Waals surface area (Å²) in [4.78, 5) is 4.16. The van der Waals surface area contributed by atoms with Crippen LogP contribution < -0.4 is 11.5 Å². The zero-order chi connectivity index (χ0) is 11.5. The molecule has 1 aromatic heterocycles. The molecule has 0 spiro atoms. The average molecular weight is 213 g/mol. The molecule has 0 saturated heterocycles. The summed E-state index contributed by atoms with van der Waals surface area (Å²) in [5.41, 5.74) is 15.6. The molecule has 2 rings (SSSR count). The SMILES string of the molecule is Cc1cc(-c2cccc(CN)c2)cnc1N. The minimum absolute atomic E-state index is 0.551. The standard InChI is InChI=1S/C13H15N3/c1-9-5-12(8-16-13(9)15)11-4-2-3-10(6-11)7-14/h2-6,8H,7,14H2,1H3,(H2,15,16). The number of nitrogens with two attached hydrogens (primary N) is 2. The van der Waals surface area contributed by atoms with Gasteiger partial charge < -0.3 is 11.5 Å².